The molecule has 128 valence electrons. The first kappa shape index (κ1) is 17.3. The quantitative estimate of drug-likeness (QED) is 0.852. The molecule has 1 atom stereocenters. The number of nitrogens with two attached hydrogens (primary N) is 1. The number of rotatable bonds is 2. The monoisotopic (exact) mass is 323 g/mol. The molecule has 0 aliphatic carbocycles. The number of amides is 2. The van der Waals surface area contributed by atoms with Crippen molar-refractivity contribution in [3.8, 4) is 0 Å². The van der Waals surface area contributed by atoms with Crippen molar-refractivity contribution in [1.82, 2.24) is 19.6 Å². The molecule has 2 rings (SSSR count). The van der Waals surface area contributed by atoms with Gasteiger partial charge in [-0.1, -0.05) is 0 Å². The van der Waals surface area contributed by atoms with Crippen molar-refractivity contribution in [2.75, 3.05) is 26.2 Å². The van der Waals surface area contributed by atoms with Gasteiger partial charge in [-0.25, -0.2) is 4.79 Å². The molecule has 1 aliphatic rings. The number of carbonyl (C=O) groups excluding carboxylic acids is 2. The molecule has 0 bridgehead atoms. The van der Waals surface area contributed by atoms with E-state index in [1.54, 1.807) is 29.1 Å². The van der Waals surface area contributed by atoms with Crippen LogP contribution in [0.3, 0.4) is 0 Å². The standard InChI is InChI=1S/C15H25N5O3/c1-15(2,3)23-14(22)19-7-8-20(11(9-16)10-19)13(21)12-5-6-17-18(12)4/h5-6,11H,7-10,16H2,1-4H3. The minimum Gasteiger partial charge on any atom is -0.444 e. The van der Waals surface area contributed by atoms with Crippen LogP contribution in [0.1, 0.15) is 31.3 Å². The Morgan fingerprint density at radius 2 is 2.09 bits per heavy atom. The fraction of sp³-hybridized carbons (Fsp3) is 0.667. The summed E-state index contributed by atoms with van der Waals surface area (Å²) in [6.07, 6.45) is 1.21. The number of hydrogen-bond donors (Lipinski definition) is 1. The molecule has 1 aliphatic heterocycles. The number of aromatic nitrogens is 2. The Morgan fingerprint density at radius 3 is 2.61 bits per heavy atom. The number of aryl methyl sites for hydroxylation is 1. The molecule has 2 heterocycles. The second-order valence-corrected chi connectivity index (χ2v) is 6.65. The van der Waals surface area contributed by atoms with E-state index in [2.05, 4.69) is 5.10 Å². The minimum atomic E-state index is -0.545. The predicted molar refractivity (Wildman–Crippen MR) is 84.9 cm³/mol. The highest BCUT2D eigenvalue weighted by molar-refractivity contribution is 5.93. The maximum Gasteiger partial charge on any atom is 0.410 e. The SMILES string of the molecule is Cn1nccc1C(=O)N1CCN(C(=O)OC(C)(C)C)CC1CN. The van der Waals surface area contributed by atoms with Gasteiger partial charge in [0.1, 0.15) is 11.3 Å². The summed E-state index contributed by atoms with van der Waals surface area (Å²) < 4.78 is 6.92. The van der Waals surface area contributed by atoms with E-state index >= 15 is 0 Å². The lowest BCUT2D eigenvalue weighted by molar-refractivity contribution is 0.00505. The molecule has 0 aromatic carbocycles. The van der Waals surface area contributed by atoms with Gasteiger partial charge < -0.3 is 20.3 Å². The predicted octanol–water partition coefficient (Wildman–Crippen LogP) is 0.440. The third kappa shape index (κ3) is 4.01. The van der Waals surface area contributed by atoms with E-state index in [-0.39, 0.29) is 24.6 Å². The van der Waals surface area contributed by atoms with Crippen LogP contribution in [0.5, 0.6) is 0 Å². The highest BCUT2D eigenvalue weighted by Crippen LogP contribution is 2.16. The summed E-state index contributed by atoms with van der Waals surface area (Å²) in [6, 6.07) is 1.44. The van der Waals surface area contributed by atoms with Crippen LogP contribution in [0.2, 0.25) is 0 Å². The zero-order valence-corrected chi connectivity index (χ0v) is 14.2. The molecule has 2 N–H and O–H groups in total. The molecular formula is C15H25N5O3. The van der Waals surface area contributed by atoms with E-state index in [0.717, 1.165) is 0 Å². The Bertz CT molecular complexity index is 578. The fourth-order valence-corrected chi connectivity index (χ4v) is 2.55. The van der Waals surface area contributed by atoms with E-state index < -0.39 is 5.60 Å². The molecule has 23 heavy (non-hydrogen) atoms. The summed E-state index contributed by atoms with van der Waals surface area (Å²) in [4.78, 5) is 28.1. The minimum absolute atomic E-state index is 0.121. The van der Waals surface area contributed by atoms with Gasteiger partial charge >= 0.3 is 6.09 Å². The zero-order valence-electron chi connectivity index (χ0n) is 14.2. The number of hydrogen-bond acceptors (Lipinski definition) is 5. The normalized spacial score (nSPS) is 18.9. The number of piperazine rings is 1. The van der Waals surface area contributed by atoms with Crippen LogP contribution in [0.4, 0.5) is 4.79 Å². The van der Waals surface area contributed by atoms with Crippen LogP contribution in [-0.2, 0) is 11.8 Å². The first-order valence-electron chi connectivity index (χ1n) is 7.70. The van der Waals surface area contributed by atoms with Crippen molar-refractivity contribution in [3.05, 3.63) is 18.0 Å². The molecule has 1 aromatic rings. The Balaban J connectivity index is 2.06. The van der Waals surface area contributed by atoms with E-state index in [0.29, 0.717) is 25.3 Å². The molecule has 2 amide bonds. The van der Waals surface area contributed by atoms with Crippen LogP contribution >= 0.6 is 0 Å². The summed E-state index contributed by atoms with van der Waals surface area (Å²) in [5.74, 6) is -0.121. The topological polar surface area (TPSA) is 93.7 Å². The molecule has 1 aromatic heterocycles. The molecule has 1 unspecified atom stereocenters. The molecule has 0 radical (unpaired) electrons. The van der Waals surface area contributed by atoms with Crippen molar-refractivity contribution in [2.45, 2.75) is 32.4 Å². The Hall–Kier alpha value is -2.09. The summed E-state index contributed by atoms with van der Waals surface area (Å²) in [6.45, 7) is 6.98. The van der Waals surface area contributed by atoms with Crippen LogP contribution < -0.4 is 5.73 Å². The summed E-state index contributed by atoms with van der Waals surface area (Å²) in [7, 11) is 1.72. The highest BCUT2D eigenvalue weighted by Gasteiger charge is 2.34. The van der Waals surface area contributed by atoms with Crippen molar-refractivity contribution in [3.63, 3.8) is 0 Å². The molecular weight excluding hydrogens is 298 g/mol. The second kappa shape index (κ2) is 6.57. The molecule has 1 saturated heterocycles. The first-order chi connectivity index (χ1) is 10.7. The lowest BCUT2D eigenvalue weighted by Crippen LogP contribution is -2.59. The van der Waals surface area contributed by atoms with Gasteiger partial charge in [0.05, 0.1) is 6.04 Å². The van der Waals surface area contributed by atoms with Crippen molar-refractivity contribution in [2.24, 2.45) is 12.8 Å². The Kier molecular flexibility index (Phi) is 4.93. The third-order valence-electron chi connectivity index (χ3n) is 3.71. The first-order valence-corrected chi connectivity index (χ1v) is 7.70. The van der Waals surface area contributed by atoms with Gasteiger partial charge in [0.25, 0.3) is 5.91 Å². The molecule has 1 fully saturated rings. The van der Waals surface area contributed by atoms with Crippen molar-refractivity contribution in [1.29, 1.82) is 0 Å². The van der Waals surface area contributed by atoms with Gasteiger partial charge in [0.15, 0.2) is 0 Å². The number of ether oxygens (including phenoxy) is 1. The summed E-state index contributed by atoms with van der Waals surface area (Å²) in [5, 5.41) is 4.02. The van der Waals surface area contributed by atoms with Gasteiger partial charge in [-0.05, 0) is 26.8 Å². The average molecular weight is 323 g/mol. The van der Waals surface area contributed by atoms with Crippen molar-refractivity contribution < 1.29 is 14.3 Å². The van der Waals surface area contributed by atoms with E-state index in [1.165, 1.54) is 4.68 Å². The second-order valence-electron chi connectivity index (χ2n) is 6.65. The van der Waals surface area contributed by atoms with Gasteiger partial charge in [-0.2, -0.15) is 5.10 Å². The molecule has 0 spiro atoms. The van der Waals surface area contributed by atoms with E-state index in [1.807, 2.05) is 20.8 Å². The largest absolute Gasteiger partial charge is 0.444 e. The van der Waals surface area contributed by atoms with Crippen LogP contribution in [0, 0.1) is 0 Å². The Morgan fingerprint density at radius 1 is 1.39 bits per heavy atom. The fourth-order valence-electron chi connectivity index (χ4n) is 2.55. The maximum absolute atomic E-state index is 12.6. The average Bonchev–Trinajstić information content (AvgIpc) is 2.90. The lowest BCUT2D eigenvalue weighted by Gasteiger charge is -2.41. The summed E-state index contributed by atoms with van der Waals surface area (Å²) >= 11 is 0. The maximum atomic E-state index is 12.6. The molecule has 0 saturated carbocycles. The zero-order chi connectivity index (χ0) is 17.2. The molecule has 8 heteroatoms. The molecule has 8 nitrogen and oxygen atoms in total. The van der Waals surface area contributed by atoms with Crippen LogP contribution in [0.15, 0.2) is 12.3 Å². The Labute approximate surface area is 136 Å². The van der Waals surface area contributed by atoms with E-state index in [9.17, 15) is 9.59 Å². The highest BCUT2D eigenvalue weighted by atomic mass is 16.6. The van der Waals surface area contributed by atoms with E-state index in [4.69, 9.17) is 10.5 Å². The summed E-state index contributed by atoms with van der Waals surface area (Å²) in [5.41, 5.74) is 5.78. The van der Waals surface area contributed by atoms with Gasteiger partial charge in [0, 0.05) is 39.4 Å². The lowest BCUT2D eigenvalue weighted by atomic mass is 10.1. The number of nitrogens with zero attached hydrogens (tertiary/aromatic N) is 4. The van der Waals surface area contributed by atoms with Gasteiger partial charge in [-0.3, -0.25) is 9.48 Å². The smallest absolute Gasteiger partial charge is 0.410 e. The van der Waals surface area contributed by atoms with Gasteiger partial charge in [0.2, 0.25) is 0 Å². The van der Waals surface area contributed by atoms with Crippen LogP contribution in [-0.4, -0.2) is 69.4 Å². The van der Waals surface area contributed by atoms with Gasteiger partial charge in [-0.15, -0.1) is 0 Å². The van der Waals surface area contributed by atoms with Crippen molar-refractivity contribution >= 4 is 12.0 Å². The number of carbonyl (C=O) groups is 2. The van der Waals surface area contributed by atoms with Crippen LogP contribution in [0.25, 0.3) is 0 Å². The third-order valence-corrected chi connectivity index (χ3v) is 3.71.